The largest absolute Gasteiger partial charge is 0.490 e. The molecule has 3 rings (SSSR count). The first-order valence-corrected chi connectivity index (χ1v) is 10.2. The van der Waals surface area contributed by atoms with Crippen LogP contribution in [0.5, 0.6) is 11.5 Å². The lowest BCUT2D eigenvalue weighted by molar-refractivity contribution is 0.259. The molecule has 1 saturated heterocycles. The van der Waals surface area contributed by atoms with E-state index < -0.39 is 0 Å². The van der Waals surface area contributed by atoms with Crippen LogP contribution >= 0.6 is 0 Å². The molecule has 0 aromatic heterocycles. The third-order valence-electron chi connectivity index (χ3n) is 5.16. The molecule has 1 aliphatic rings. The minimum atomic E-state index is 0.549. The molecule has 27 heavy (non-hydrogen) atoms. The first-order valence-electron chi connectivity index (χ1n) is 10.2. The van der Waals surface area contributed by atoms with Crippen molar-refractivity contribution >= 4 is 0 Å². The third-order valence-corrected chi connectivity index (χ3v) is 5.16. The second-order valence-corrected chi connectivity index (χ2v) is 7.04. The predicted octanol–water partition coefficient (Wildman–Crippen LogP) is 4.24. The molecule has 0 radical (unpaired) electrons. The fourth-order valence-electron chi connectivity index (χ4n) is 3.71. The Morgan fingerprint density at radius 3 is 2.63 bits per heavy atom. The van der Waals surface area contributed by atoms with Crippen LogP contribution < -0.4 is 14.8 Å². The van der Waals surface area contributed by atoms with Gasteiger partial charge in [-0.05, 0) is 56.1 Å². The molecular formula is C23H32N2O2. The van der Waals surface area contributed by atoms with Crippen LogP contribution in [0.25, 0.3) is 0 Å². The molecule has 4 nitrogen and oxygen atoms in total. The van der Waals surface area contributed by atoms with E-state index in [2.05, 4.69) is 41.4 Å². The zero-order chi connectivity index (χ0) is 18.9. The molecule has 1 aliphatic heterocycles. The highest BCUT2D eigenvalue weighted by atomic mass is 16.5. The number of nitrogens with one attached hydrogen (secondary N) is 1. The van der Waals surface area contributed by atoms with Crippen molar-refractivity contribution in [2.45, 2.75) is 45.9 Å². The maximum absolute atomic E-state index is 5.99. The Labute approximate surface area is 163 Å². The molecule has 1 atom stereocenters. The average Bonchev–Trinajstić information content (AvgIpc) is 3.16. The van der Waals surface area contributed by atoms with Crippen molar-refractivity contribution in [3.63, 3.8) is 0 Å². The van der Waals surface area contributed by atoms with E-state index in [9.17, 15) is 0 Å². The van der Waals surface area contributed by atoms with Crippen molar-refractivity contribution < 1.29 is 9.47 Å². The highest BCUT2D eigenvalue weighted by Gasteiger charge is 2.22. The average molecular weight is 369 g/mol. The highest BCUT2D eigenvalue weighted by Crippen LogP contribution is 2.29. The SMILES string of the molecule is CCOc1cc(CNC[C@@H]2CCCN2CC)ccc1OCc1ccccc1. The zero-order valence-electron chi connectivity index (χ0n) is 16.6. The Morgan fingerprint density at radius 1 is 1.00 bits per heavy atom. The smallest absolute Gasteiger partial charge is 0.161 e. The molecule has 0 unspecified atom stereocenters. The molecule has 0 bridgehead atoms. The van der Waals surface area contributed by atoms with Crippen LogP contribution in [0.3, 0.4) is 0 Å². The molecule has 0 aliphatic carbocycles. The fourth-order valence-corrected chi connectivity index (χ4v) is 3.71. The number of rotatable bonds is 10. The molecule has 1 fully saturated rings. The van der Waals surface area contributed by atoms with Gasteiger partial charge in [-0.1, -0.05) is 43.3 Å². The molecule has 1 N–H and O–H groups in total. The summed E-state index contributed by atoms with van der Waals surface area (Å²) in [4.78, 5) is 2.57. The van der Waals surface area contributed by atoms with Crippen LogP contribution in [0.15, 0.2) is 48.5 Å². The second kappa shape index (κ2) is 10.3. The van der Waals surface area contributed by atoms with Gasteiger partial charge in [0.1, 0.15) is 6.61 Å². The van der Waals surface area contributed by atoms with Gasteiger partial charge in [-0.2, -0.15) is 0 Å². The quantitative estimate of drug-likeness (QED) is 0.680. The number of hydrogen-bond acceptors (Lipinski definition) is 4. The summed E-state index contributed by atoms with van der Waals surface area (Å²) < 4.78 is 11.8. The van der Waals surface area contributed by atoms with Gasteiger partial charge in [0.05, 0.1) is 6.61 Å². The van der Waals surface area contributed by atoms with Gasteiger partial charge in [-0.25, -0.2) is 0 Å². The van der Waals surface area contributed by atoms with E-state index in [0.717, 1.165) is 36.7 Å². The van der Waals surface area contributed by atoms with E-state index in [1.807, 2.05) is 31.2 Å². The molecule has 4 heteroatoms. The van der Waals surface area contributed by atoms with Gasteiger partial charge in [0, 0.05) is 19.1 Å². The summed E-state index contributed by atoms with van der Waals surface area (Å²) in [7, 11) is 0. The minimum absolute atomic E-state index is 0.549. The van der Waals surface area contributed by atoms with Crippen LogP contribution in [0.2, 0.25) is 0 Å². The Bertz CT molecular complexity index is 690. The number of hydrogen-bond donors (Lipinski definition) is 1. The number of ether oxygens (including phenoxy) is 2. The van der Waals surface area contributed by atoms with Crippen LogP contribution in [0.1, 0.15) is 37.8 Å². The van der Waals surface area contributed by atoms with Crippen molar-refractivity contribution in [3.05, 3.63) is 59.7 Å². The van der Waals surface area contributed by atoms with Gasteiger partial charge in [-0.3, -0.25) is 4.90 Å². The Balaban J connectivity index is 1.55. The first-order chi connectivity index (χ1) is 13.3. The summed E-state index contributed by atoms with van der Waals surface area (Å²) in [5, 5.41) is 3.62. The predicted molar refractivity (Wildman–Crippen MR) is 110 cm³/mol. The first kappa shape index (κ1) is 19.7. The van der Waals surface area contributed by atoms with Crippen molar-refractivity contribution in [2.75, 3.05) is 26.2 Å². The number of likely N-dealkylation sites (tertiary alicyclic amines) is 1. The maximum Gasteiger partial charge on any atom is 0.161 e. The summed E-state index contributed by atoms with van der Waals surface area (Å²) in [6.07, 6.45) is 2.62. The molecule has 2 aromatic rings. The molecule has 1 heterocycles. The lowest BCUT2D eigenvalue weighted by Gasteiger charge is -2.23. The lowest BCUT2D eigenvalue weighted by Crippen LogP contribution is -2.37. The van der Waals surface area contributed by atoms with Gasteiger partial charge in [-0.15, -0.1) is 0 Å². The van der Waals surface area contributed by atoms with E-state index in [0.29, 0.717) is 19.3 Å². The van der Waals surface area contributed by atoms with Gasteiger partial charge < -0.3 is 14.8 Å². The van der Waals surface area contributed by atoms with E-state index >= 15 is 0 Å². The van der Waals surface area contributed by atoms with Crippen LogP contribution in [-0.2, 0) is 13.2 Å². The van der Waals surface area contributed by atoms with Gasteiger partial charge in [0.25, 0.3) is 0 Å². The normalized spacial score (nSPS) is 17.2. The topological polar surface area (TPSA) is 33.7 Å². The summed E-state index contributed by atoms with van der Waals surface area (Å²) in [6, 6.07) is 17.1. The van der Waals surface area contributed by atoms with Gasteiger partial charge in [0.15, 0.2) is 11.5 Å². The molecule has 146 valence electrons. The number of likely N-dealkylation sites (N-methyl/N-ethyl adjacent to an activating group) is 1. The van der Waals surface area contributed by atoms with Crippen LogP contribution in [0.4, 0.5) is 0 Å². The van der Waals surface area contributed by atoms with Gasteiger partial charge in [0.2, 0.25) is 0 Å². The monoisotopic (exact) mass is 368 g/mol. The Kier molecular flexibility index (Phi) is 7.55. The fraction of sp³-hybridized carbons (Fsp3) is 0.478. The molecule has 0 saturated carbocycles. The van der Waals surface area contributed by atoms with E-state index in [-0.39, 0.29) is 0 Å². The molecule has 0 amide bonds. The van der Waals surface area contributed by atoms with E-state index in [1.54, 1.807) is 0 Å². The van der Waals surface area contributed by atoms with Crippen LogP contribution in [-0.4, -0.2) is 37.2 Å². The van der Waals surface area contributed by atoms with Crippen molar-refractivity contribution in [1.29, 1.82) is 0 Å². The standard InChI is InChI=1S/C23H32N2O2/c1-3-25-14-8-11-21(25)17-24-16-20-12-13-22(23(15-20)26-4-2)27-18-19-9-6-5-7-10-19/h5-7,9-10,12-13,15,21,24H,3-4,8,11,14,16-18H2,1-2H3/t21-/m0/s1. The highest BCUT2D eigenvalue weighted by molar-refractivity contribution is 5.43. The minimum Gasteiger partial charge on any atom is -0.490 e. The lowest BCUT2D eigenvalue weighted by atomic mass is 10.1. The summed E-state index contributed by atoms with van der Waals surface area (Å²) in [5.74, 6) is 1.63. The Hall–Kier alpha value is -2.04. The second-order valence-electron chi connectivity index (χ2n) is 7.04. The van der Waals surface area contributed by atoms with Crippen molar-refractivity contribution in [2.24, 2.45) is 0 Å². The van der Waals surface area contributed by atoms with E-state index in [4.69, 9.17) is 9.47 Å². The number of benzene rings is 2. The summed E-state index contributed by atoms with van der Waals surface area (Å²) in [6.45, 7) is 9.72. The van der Waals surface area contributed by atoms with Crippen molar-refractivity contribution in [3.8, 4) is 11.5 Å². The molecular weight excluding hydrogens is 336 g/mol. The third kappa shape index (κ3) is 5.72. The van der Waals surface area contributed by atoms with E-state index in [1.165, 1.54) is 24.9 Å². The van der Waals surface area contributed by atoms with Gasteiger partial charge >= 0.3 is 0 Å². The molecule has 0 spiro atoms. The molecule has 2 aromatic carbocycles. The van der Waals surface area contributed by atoms with Crippen LogP contribution in [0, 0.1) is 0 Å². The summed E-state index contributed by atoms with van der Waals surface area (Å²) >= 11 is 0. The maximum atomic E-state index is 5.99. The zero-order valence-corrected chi connectivity index (χ0v) is 16.6. The Morgan fingerprint density at radius 2 is 1.85 bits per heavy atom. The summed E-state index contributed by atoms with van der Waals surface area (Å²) in [5.41, 5.74) is 2.38. The van der Waals surface area contributed by atoms with Crippen molar-refractivity contribution in [1.82, 2.24) is 10.2 Å². The number of nitrogens with zero attached hydrogens (tertiary/aromatic N) is 1.